The van der Waals surface area contributed by atoms with Crippen molar-refractivity contribution in [3.05, 3.63) is 82.7 Å². The Bertz CT molecular complexity index is 1140. The second-order valence-electron chi connectivity index (χ2n) is 6.50. The molecule has 0 saturated heterocycles. The van der Waals surface area contributed by atoms with Gasteiger partial charge in [0.1, 0.15) is 28.7 Å². The normalized spacial score (nSPS) is 12.6. The lowest BCUT2D eigenvalue weighted by Crippen LogP contribution is -2.14. The Labute approximate surface area is 176 Å². The number of halogens is 4. The van der Waals surface area contributed by atoms with Crippen molar-refractivity contribution in [1.82, 2.24) is 9.97 Å². The summed E-state index contributed by atoms with van der Waals surface area (Å²) >= 11 is 6.12. The highest BCUT2D eigenvalue weighted by atomic mass is 35.5. The van der Waals surface area contributed by atoms with Crippen molar-refractivity contribution in [3.63, 3.8) is 0 Å². The van der Waals surface area contributed by atoms with Crippen molar-refractivity contribution in [2.24, 2.45) is 0 Å². The fourth-order valence-electron chi connectivity index (χ4n) is 2.99. The van der Waals surface area contributed by atoms with E-state index < -0.39 is 44.0 Å². The summed E-state index contributed by atoms with van der Waals surface area (Å²) in [4.78, 5) is 6.41. The van der Waals surface area contributed by atoms with E-state index in [0.717, 1.165) is 18.5 Å². The zero-order valence-corrected chi connectivity index (χ0v) is 17.3. The molecule has 0 radical (unpaired) electrons. The molecule has 2 aromatic carbocycles. The number of nitrogens with one attached hydrogen (secondary N) is 1. The molecule has 0 aliphatic rings. The molecule has 30 heavy (non-hydrogen) atoms. The molecule has 0 saturated carbocycles. The zero-order valence-electron chi connectivity index (χ0n) is 15.7. The number of nitrogens with zero attached hydrogens (tertiary/aromatic N) is 2. The van der Waals surface area contributed by atoms with Crippen LogP contribution in [0.3, 0.4) is 0 Å². The molecule has 3 rings (SSSR count). The minimum absolute atomic E-state index is 0.00170. The largest absolute Gasteiger partial charge is 0.378 e. The van der Waals surface area contributed by atoms with Gasteiger partial charge in [-0.2, -0.15) is 0 Å². The van der Waals surface area contributed by atoms with Crippen LogP contribution in [0, 0.1) is 17.5 Å². The van der Waals surface area contributed by atoms with E-state index in [4.69, 9.17) is 11.6 Å². The molecule has 0 aliphatic heterocycles. The highest BCUT2D eigenvalue weighted by molar-refractivity contribution is 7.90. The van der Waals surface area contributed by atoms with Gasteiger partial charge in [0.2, 0.25) is 0 Å². The Morgan fingerprint density at radius 3 is 2.40 bits per heavy atom. The number of benzene rings is 2. The van der Waals surface area contributed by atoms with Gasteiger partial charge in [-0.05, 0) is 48.4 Å². The van der Waals surface area contributed by atoms with Gasteiger partial charge in [-0.15, -0.1) is 0 Å². The van der Waals surface area contributed by atoms with Gasteiger partial charge in [0.05, 0.1) is 17.5 Å². The molecule has 1 aromatic heterocycles. The van der Waals surface area contributed by atoms with E-state index in [0.29, 0.717) is 17.0 Å². The highest BCUT2D eigenvalue weighted by Crippen LogP contribution is 2.32. The van der Waals surface area contributed by atoms with Crippen LogP contribution >= 0.6 is 11.6 Å². The molecule has 1 heterocycles. The predicted octanol–water partition coefficient (Wildman–Crippen LogP) is 5.08. The van der Waals surface area contributed by atoms with Crippen LogP contribution in [0.4, 0.5) is 18.9 Å². The molecule has 0 unspecified atom stereocenters. The molecule has 1 atom stereocenters. The van der Waals surface area contributed by atoms with Crippen LogP contribution in [0.25, 0.3) is 0 Å². The summed E-state index contributed by atoms with van der Waals surface area (Å²) in [6, 6.07) is 6.39. The Balaban J connectivity index is 1.91. The molecule has 1 N–H and O–H groups in total. The third-order valence-corrected chi connectivity index (χ3v) is 6.41. The van der Waals surface area contributed by atoms with Gasteiger partial charge in [0.25, 0.3) is 0 Å². The summed E-state index contributed by atoms with van der Waals surface area (Å²) in [5, 5.41) is 3.17. The van der Waals surface area contributed by atoms with Crippen molar-refractivity contribution in [3.8, 4) is 0 Å². The quantitative estimate of drug-likeness (QED) is 0.537. The number of sulfone groups is 1. The second-order valence-corrected chi connectivity index (χ2v) is 8.83. The predicted molar refractivity (Wildman–Crippen MR) is 107 cm³/mol. The van der Waals surface area contributed by atoms with E-state index in [-0.39, 0.29) is 11.4 Å². The van der Waals surface area contributed by atoms with Crippen LogP contribution < -0.4 is 5.32 Å². The molecule has 5 nitrogen and oxygen atoms in total. The molecule has 0 spiro atoms. The minimum Gasteiger partial charge on any atom is -0.378 e. The molecular formula is C20H17ClF3N3O2S. The number of rotatable bonds is 7. The first kappa shape index (κ1) is 22.0. The van der Waals surface area contributed by atoms with E-state index in [1.54, 1.807) is 6.92 Å². The summed E-state index contributed by atoms with van der Waals surface area (Å²) in [6.07, 6.45) is 2.91. The molecular weight excluding hydrogens is 439 g/mol. The highest BCUT2D eigenvalue weighted by Gasteiger charge is 2.26. The van der Waals surface area contributed by atoms with Gasteiger partial charge >= 0.3 is 0 Å². The van der Waals surface area contributed by atoms with Crippen LogP contribution in [0.1, 0.15) is 30.6 Å². The molecule has 0 aliphatic carbocycles. The maximum Gasteiger partial charge on any atom is 0.189 e. The van der Waals surface area contributed by atoms with Crippen LogP contribution in [0.15, 0.2) is 53.8 Å². The lowest BCUT2D eigenvalue weighted by molar-refractivity contribution is 0.519. The van der Waals surface area contributed by atoms with Crippen LogP contribution in [-0.4, -0.2) is 18.4 Å². The number of hydrogen-bond donors (Lipinski definition) is 1. The van der Waals surface area contributed by atoms with Gasteiger partial charge in [-0.3, -0.25) is 0 Å². The first-order valence-electron chi connectivity index (χ1n) is 8.89. The van der Waals surface area contributed by atoms with E-state index >= 15 is 0 Å². The van der Waals surface area contributed by atoms with Gasteiger partial charge in [0, 0.05) is 16.9 Å². The van der Waals surface area contributed by atoms with Crippen molar-refractivity contribution < 1.29 is 21.6 Å². The van der Waals surface area contributed by atoms with Crippen molar-refractivity contribution in [1.29, 1.82) is 0 Å². The molecule has 0 fully saturated rings. The maximum absolute atomic E-state index is 14.6. The summed E-state index contributed by atoms with van der Waals surface area (Å²) in [5.74, 6) is -3.66. The average Bonchev–Trinajstić information content (AvgIpc) is 2.67. The molecule has 0 amide bonds. The Kier molecular flexibility index (Phi) is 6.62. The maximum atomic E-state index is 14.6. The van der Waals surface area contributed by atoms with Crippen LogP contribution in [0.5, 0.6) is 0 Å². The number of anilines is 1. The average molecular weight is 456 g/mol. The number of hydrogen-bond acceptors (Lipinski definition) is 5. The second kappa shape index (κ2) is 9.01. The summed E-state index contributed by atoms with van der Waals surface area (Å²) in [6.45, 7) is 1.78. The lowest BCUT2D eigenvalue weighted by Gasteiger charge is -2.21. The monoisotopic (exact) mass is 455 g/mol. The van der Waals surface area contributed by atoms with Crippen molar-refractivity contribution in [2.75, 3.05) is 5.32 Å². The minimum atomic E-state index is -4.33. The Hall–Kier alpha value is -2.65. The van der Waals surface area contributed by atoms with Crippen LogP contribution in [-0.2, 0) is 15.6 Å². The molecule has 10 heteroatoms. The first-order chi connectivity index (χ1) is 14.2. The number of aromatic nitrogens is 2. The lowest BCUT2D eigenvalue weighted by atomic mass is 10.0. The standard InChI is InChI=1S/C20H17ClF3N3O2S/c1-2-19(15-7-12(22)3-4-16(15)21)27-14-8-17(23)20(18(24)9-14)30(28,29)10-13-5-6-25-11-26-13/h3-9,11,19,27H,2,10H2,1H3/t19-/m0/s1. The van der Waals surface area contributed by atoms with Gasteiger partial charge in [-0.1, -0.05) is 18.5 Å². The fourth-order valence-corrected chi connectivity index (χ4v) is 4.66. The van der Waals surface area contributed by atoms with E-state index in [1.165, 1.54) is 30.5 Å². The Morgan fingerprint density at radius 1 is 1.10 bits per heavy atom. The molecule has 158 valence electrons. The van der Waals surface area contributed by atoms with Gasteiger partial charge in [-0.25, -0.2) is 31.6 Å². The molecule has 3 aromatic rings. The topological polar surface area (TPSA) is 72.0 Å². The van der Waals surface area contributed by atoms with Crippen LogP contribution in [0.2, 0.25) is 5.02 Å². The van der Waals surface area contributed by atoms with E-state index in [1.807, 2.05) is 0 Å². The third kappa shape index (κ3) is 4.91. The first-order valence-corrected chi connectivity index (χ1v) is 10.9. The van der Waals surface area contributed by atoms with E-state index in [2.05, 4.69) is 15.3 Å². The smallest absolute Gasteiger partial charge is 0.189 e. The molecule has 0 bridgehead atoms. The summed E-state index contributed by atoms with van der Waals surface area (Å²) in [7, 11) is -4.33. The fraction of sp³-hybridized carbons (Fsp3) is 0.200. The Morgan fingerprint density at radius 2 is 1.80 bits per heavy atom. The SMILES string of the molecule is CC[C@H](Nc1cc(F)c(S(=O)(=O)Cc2ccncn2)c(F)c1)c1cc(F)ccc1Cl. The van der Waals surface area contributed by atoms with Gasteiger partial charge in [0.15, 0.2) is 9.84 Å². The zero-order chi connectivity index (χ0) is 21.9. The summed E-state index contributed by atoms with van der Waals surface area (Å²) < 4.78 is 67.9. The third-order valence-electron chi connectivity index (χ3n) is 4.37. The van der Waals surface area contributed by atoms with Crippen molar-refractivity contribution in [2.45, 2.75) is 30.0 Å². The van der Waals surface area contributed by atoms with Crippen molar-refractivity contribution >= 4 is 27.1 Å². The van der Waals surface area contributed by atoms with Gasteiger partial charge < -0.3 is 5.32 Å². The summed E-state index contributed by atoms with van der Waals surface area (Å²) in [5.41, 5.74) is 0.524. The van der Waals surface area contributed by atoms with E-state index in [9.17, 15) is 21.6 Å².